The Labute approximate surface area is 130 Å². The van der Waals surface area contributed by atoms with E-state index < -0.39 is 0 Å². The number of aliphatic hydroxyl groups excluding tert-OH is 1. The molecular formula is C16H23N3O3. The van der Waals surface area contributed by atoms with E-state index in [4.69, 9.17) is 4.74 Å². The first-order valence-electron chi connectivity index (χ1n) is 7.88. The molecule has 1 amide bonds. The number of amides is 1. The predicted octanol–water partition coefficient (Wildman–Crippen LogP) is 0.0943. The highest BCUT2D eigenvalue weighted by atomic mass is 16.5. The molecule has 3 rings (SSSR count). The van der Waals surface area contributed by atoms with Crippen molar-refractivity contribution in [1.82, 2.24) is 14.8 Å². The van der Waals surface area contributed by atoms with Crippen molar-refractivity contribution in [2.75, 3.05) is 52.5 Å². The van der Waals surface area contributed by atoms with Crippen molar-refractivity contribution in [1.29, 1.82) is 0 Å². The lowest BCUT2D eigenvalue weighted by atomic mass is 9.96. The second-order valence-electron chi connectivity index (χ2n) is 6.06. The SMILES string of the molecule is O=C(c1ccncc1)N1CC(CO)C(CN2CCOCC2)C1. The number of likely N-dealkylation sites (tertiary alicyclic amines) is 1. The summed E-state index contributed by atoms with van der Waals surface area (Å²) in [7, 11) is 0. The van der Waals surface area contributed by atoms with Gasteiger partial charge in [-0.3, -0.25) is 14.7 Å². The highest BCUT2D eigenvalue weighted by molar-refractivity contribution is 5.94. The Kier molecular flexibility index (Phi) is 5.02. The van der Waals surface area contributed by atoms with Crippen LogP contribution >= 0.6 is 0 Å². The highest BCUT2D eigenvalue weighted by Crippen LogP contribution is 2.25. The molecule has 1 N–H and O–H groups in total. The van der Waals surface area contributed by atoms with Gasteiger partial charge in [0.2, 0.25) is 0 Å². The molecule has 1 aromatic heterocycles. The maximum atomic E-state index is 12.5. The molecule has 0 spiro atoms. The normalized spacial score (nSPS) is 26.3. The van der Waals surface area contributed by atoms with E-state index in [1.54, 1.807) is 24.5 Å². The van der Waals surface area contributed by atoms with Crippen molar-refractivity contribution in [3.05, 3.63) is 30.1 Å². The molecule has 1 aromatic rings. The van der Waals surface area contributed by atoms with E-state index in [1.807, 2.05) is 4.90 Å². The second-order valence-corrected chi connectivity index (χ2v) is 6.06. The fourth-order valence-corrected chi connectivity index (χ4v) is 3.31. The molecule has 0 saturated carbocycles. The summed E-state index contributed by atoms with van der Waals surface area (Å²) in [6.07, 6.45) is 3.27. The van der Waals surface area contributed by atoms with Gasteiger partial charge in [-0.15, -0.1) is 0 Å². The van der Waals surface area contributed by atoms with Crippen LogP contribution < -0.4 is 0 Å². The van der Waals surface area contributed by atoms with Gasteiger partial charge in [-0.05, 0) is 18.1 Å². The van der Waals surface area contributed by atoms with Crippen LogP contribution in [0.15, 0.2) is 24.5 Å². The number of aromatic nitrogens is 1. The Morgan fingerprint density at radius 3 is 2.59 bits per heavy atom. The average molecular weight is 305 g/mol. The van der Waals surface area contributed by atoms with Gasteiger partial charge in [0.15, 0.2) is 0 Å². The van der Waals surface area contributed by atoms with Gasteiger partial charge in [0.25, 0.3) is 5.91 Å². The monoisotopic (exact) mass is 305 g/mol. The summed E-state index contributed by atoms with van der Waals surface area (Å²) in [5.41, 5.74) is 0.665. The van der Waals surface area contributed by atoms with Gasteiger partial charge in [0.1, 0.15) is 0 Å². The van der Waals surface area contributed by atoms with Crippen LogP contribution in [0.3, 0.4) is 0 Å². The van der Waals surface area contributed by atoms with Gasteiger partial charge in [-0.25, -0.2) is 0 Å². The van der Waals surface area contributed by atoms with E-state index in [1.165, 1.54) is 0 Å². The number of pyridine rings is 1. The smallest absolute Gasteiger partial charge is 0.253 e. The number of carbonyl (C=O) groups is 1. The Balaban J connectivity index is 1.62. The van der Waals surface area contributed by atoms with Gasteiger partial charge < -0.3 is 14.7 Å². The molecule has 22 heavy (non-hydrogen) atoms. The van der Waals surface area contributed by atoms with Crippen LogP contribution in [0.2, 0.25) is 0 Å². The van der Waals surface area contributed by atoms with Crippen LogP contribution in [0.25, 0.3) is 0 Å². The fourth-order valence-electron chi connectivity index (χ4n) is 3.31. The Morgan fingerprint density at radius 2 is 1.91 bits per heavy atom. The van der Waals surface area contributed by atoms with Gasteiger partial charge in [-0.1, -0.05) is 0 Å². The molecule has 2 unspecified atom stereocenters. The lowest BCUT2D eigenvalue weighted by Gasteiger charge is -2.30. The maximum Gasteiger partial charge on any atom is 0.253 e. The number of hydrogen-bond donors (Lipinski definition) is 1. The van der Waals surface area contributed by atoms with Crippen LogP contribution in [0, 0.1) is 11.8 Å². The zero-order chi connectivity index (χ0) is 15.4. The van der Waals surface area contributed by atoms with Gasteiger partial charge in [0, 0.05) is 63.2 Å². The summed E-state index contributed by atoms with van der Waals surface area (Å²) in [4.78, 5) is 20.7. The largest absolute Gasteiger partial charge is 0.396 e. The molecule has 2 saturated heterocycles. The topological polar surface area (TPSA) is 65.9 Å². The Morgan fingerprint density at radius 1 is 1.23 bits per heavy atom. The summed E-state index contributed by atoms with van der Waals surface area (Å²) in [5, 5.41) is 9.64. The first-order valence-corrected chi connectivity index (χ1v) is 7.88. The van der Waals surface area contributed by atoms with E-state index in [2.05, 4.69) is 9.88 Å². The summed E-state index contributed by atoms with van der Waals surface area (Å²) < 4.78 is 5.37. The number of morpholine rings is 1. The first kappa shape index (κ1) is 15.4. The van der Waals surface area contributed by atoms with E-state index in [0.717, 1.165) is 32.8 Å². The van der Waals surface area contributed by atoms with Gasteiger partial charge in [-0.2, -0.15) is 0 Å². The Bertz CT molecular complexity index is 491. The molecule has 120 valence electrons. The van der Waals surface area contributed by atoms with E-state index >= 15 is 0 Å². The van der Waals surface area contributed by atoms with E-state index in [0.29, 0.717) is 24.6 Å². The molecule has 2 aliphatic heterocycles. The fraction of sp³-hybridized carbons (Fsp3) is 0.625. The average Bonchev–Trinajstić information content (AvgIpc) is 2.99. The third kappa shape index (κ3) is 3.45. The van der Waals surface area contributed by atoms with Crippen molar-refractivity contribution in [2.45, 2.75) is 0 Å². The highest BCUT2D eigenvalue weighted by Gasteiger charge is 2.36. The molecular weight excluding hydrogens is 282 g/mol. The molecule has 0 aliphatic carbocycles. The molecule has 0 aromatic carbocycles. The number of carbonyl (C=O) groups excluding carboxylic acids is 1. The minimum atomic E-state index is 0.0327. The van der Waals surface area contributed by atoms with Gasteiger partial charge in [0.05, 0.1) is 13.2 Å². The first-order chi connectivity index (χ1) is 10.8. The van der Waals surface area contributed by atoms with Crippen molar-refractivity contribution < 1.29 is 14.6 Å². The quantitative estimate of drug-likeness (QED) is 0.854. The predicted molar refractivity (Wildman–Crippen MR) is 81.5 cm³/mol. The Hall–Kier alpha value is -1.50. The lowest BCUT2D eigenvalue weighted by Crippen LogP contribution is -2.41. The molecule has 6 heteroatoms. The van der Waals surface area contributed by atoms with Crippen LogP contribution in [-0.2, 0) is 4.74 Å². The van der Waals surface area contributed by atoms with Crippen molar-refractivity contribution in [3.63, 3.8) is 0 Å². The zero-order valence-electron chi connectivity index (χ0n) is 12.7. The minimum absolute atomic E-state index is 0.0327. The summed E-state index contributed by atoms with van der Waals surface area (Å²) in [6, 6.07) is 3.48. The second kappa shape index (κ2) is 7.17. The zero-order valence-corrected chi connectivity index (χ0v) is 12.7. The lowest BCUT2D eigenvalue weighted by molar-refractivity contribution is 0.0264. The number of rotatable bonds is 4. The van der Waals surface area contributed by atoms with Crippen molar-refractivity contribution in [2.24, 2.45) is 11.8 Å². The minimum Gasteiger partial charge on any atom is -0.396 e. The summed E-state index contributed by atoms with van der Waals surface area (Å²) in [5.74, 6) is 0.521. The molecule has 2 atom stereocenters. The third-order valence-corrected chi connectivity index (χ3v) is 4.62. The van der Waals surface area contributed by atoms with E-state index in [-0.39, 0.29) is 18.4 Å². The number of aliphatic hydroxyl groups is 1. The molecule has 6 nitrogen and oxygen atoms in total. The summed E-state index contributed by atoms with van der Waals surface area (Å²) in [6.45, 7) is 5.83. The number of nitrogens with zero attached hydrogens (tertiary/aromatic N) is 3. The number of hydrogen-bond acceptors (Lipinski definition) is 5. The molecule has 2 aliphatic rings. The van der Waals surface area contributed by atoms with Crippen molar-refractivity contribution in [3.8, 4) is 0 Å². The third-order valence-electron chi connectivity index (χ3n) is 4.62. The summed E-state index contributed by atoms with van der Waals surface area (Å²) >= 11 is 0. The molecule has 3 heterocycles. The maximum absolute atomic E-state index is 12.5. The number of ether oxygens (including phenoxy) is 1. The van der Waals surface area contributed by atoms with Gasteiger partial charge >= 0.3 is 0 Å². The molecule has 2 fully saturated rings. The standard InChI is InChI=1S/C16H23N3O3/c20-12-15-11-19(16(21)13-1-3-17-4-2-13)10-14(15)9-18-5-7-22-8-6-18/h1-4,14-15,20H,5-12H2. The van der Waals surface area contributed by atoms with Crippen LogP contribution in [0.5, 0.6) is 0 Å². The van der Waals surface area contributed by atoms with Crippen LogP contribution in [0.1, 0.15) is 10.4 Å². The van der Waals surface area contributed by atoms with Crippen LogP contribution in [-0.4, -0.2) is 78.3 Å². The van der Waals surface area contributed by atoms with Crippen molar-refractivity contribution >= 4 is 5.91 Å². The van der Waals surface area contributed by atoms with E-state index in [9.17, 15) is 9.90 Å². The van der Waals surface area contributed by atoms with Crippen LogP contribution in [0.4, 0.5) is 0 Å². The molecule has 0 bridgehead atoms. The molecule has 0 radical (unpaired) electrons.